The first kappa shape index (κ1) is 18.7. The Morgan fingerprint density at radius 3 is 1.53 bits per heavy atom. The Morgan fingerprint density at radius 1 is 0.824 bits per heavy atom. The van der Waals surface area contributed by atoms with E-state index >= 15 is 0 Å². The number of hydrogen-bond donors (Lipinski definition) is 3. The number of hydrogen-bond acceptors (Lipinski definition) is 3. The van der Waals surface area contributed by atoms with Crippen molar-refractivity contribution < 1.29 is 9.90 Å². The molecule has 0 amide bonds. The Labute approximate surface area is 106 Å². The minimum absolute atomic E-state index is 0.344. The molecule has 0 atom stereocenters. The van der Waals surface area contributed by atoms with Crippen molar-refractivity contribution in [3.05, 3.63) is 0 Å². The molecule has 0 rings (SSSR count). The first-order chi connectivity index (χ1) is 8.27. The molecule has 17 heavy (non-hydrogen) atoms. The molecular formula is C13H30N2O2. The molecule has 0 aromatic carbocycles. The molecule has 0 aliphatic heterocycles. The van der Waals surface area contributed by atoms with E-state index in [9.17, 15) is 4.79 Å². The van der Waals surface area contributed by atoms with Gasteiger partial charge in [0.25, 0.3) is 0 Å². The number of hydrazine groups is 1. The predicted octanol–water partition coefficient (Wildman–Crippen LogP) is 3.20. The van der Waals surface area contributed by atoms with E-state index in [4.69, 9.17) is 5.11 Å². The maximum Gasteiger partial charge on any atom is 0.303 e. The lowest BCUT2D eigenvalue weighted by Gasteiger charge is -2.01. The maximum absolute atomic E-state index is 10.2. The van der Waals surface area contributed by atoms with E-state index < -0.39 is 5.97 Å². The Balaban J connectivity index is 0. The minimum atomic E-state index is -0.658. The summed E-state index contributed by atoms with van der Waals surface area (Å²) >= 11 is 0. The van der Waals surface area contributed by atoms with Crippen LogP contribution in [0.5, 0.6) is 0 Å². The lowest BCUT2D eigenvalue weighted by Crippen LogP contribution is -2.02. The van der Waals surface area contributed by atoms with Crippen molar-refractivity contribution in [3.8, 4) is 0 Å². The normalized spacial score (nSPS) is 9.59. The van der Waals surface area contributed by atoms with E-state index in [0.717, 1.165) is 12.8 Å². The molecule has 104 valence electrons. The summed E-state index contributed by atoms with van der Waals surface area (Å²) in [7, 11) is 0. The van der Waals surface area contributed by atoms with Gasteiger partial charge in [0.2, 0.25) is 0 Å². The van der Waals surface area contributed by atoms with Crippen molar-refractivity contribution in [1.82, 2.24) is 0 Å². The second-order valence-electron chi connectivity index (χ2n) is 4.33. The molecule has 0 bridgehead atoms. The van der Waals surface area contributed by atoms with Gasteiger partial charge in [-0.15, -0.1) is 0 Å². The molecule has 4 heteroatoms. The highest BCUT2D eigenvalue weighted by atomic mass is 16.4. The van der Waals surface area contributed by atoms with E-state index in [1.54, 1.807) is 0 Å². The Bertz CT molecular complexity index is 152. The van der Waals surface area contributed by atoms with Gasteiger partial charge in [-0.3, -0.25) is 16.5 Å². The standard InChI is InChI=1S/C13H26O2.H4N2/c1-2-3-4-5-6-7-8-9-10-11-12-13(14)15;1-2/h2-12H2,1H3,(H,14,15);1-2H2. The third kappa shape index (κ3) is 21.3. The fourth-order valence-corrected chi connectivity index (χ4v) is 1.76. The molecular weight excluding hydrogens is 216 g/mol. The lowest BCUT2D eigenvalue weighted by molar-refractivity contribution is -0.137. The van der Waals surface area contributed by atoms with E-state index in [1.807, 2.05) is 0 Å². The zero-order valence-corrected chi connectivity index (χ0v) is 11.3. The predicted molar refractivity (Wildman–Crippen MR) is 72.5 cm³/mol. The van der Waals surface area contributed by atoms with Crippen LogP contribution in [0.1, 0.15) is 77.6 Å². The number of nitrogens with two attached hydrogens (primary N) is 2. The molecule has 4 nitrogen and oxygen atoms in total. The van der Waals surface area contributed by atoms with Crippen LogP contribution in [0.25, 0.3) is 0 Å². The first-order valence-electron chi connectivity index (χ1n) is 6.82. The zero-order valence-electron chi connectivity index (χ0n) is 11.3. The molecule has 0 saturated carbocycles. The zero-order chi connectivity index (χ0) is 13.4. The largest absolute Gasteiger partial charge is 0.481 e. The van der Waals surface area contributed by atoms with Gasteiger partial charge in [-0.25, -0.2) is 0 Å². The monoisotopic (exact) mass is 246 g/mol. The summed E-state index contributed by atoms with van der Waals surface area (Å²) in [6.07, 6.45) is 12.9. The summed E-state index contributed by atoms with van der Waals surface area (Å²) in [6.45, 7) is 2.24. The summed E-state index contributed by atoms with van der Waals surface area (Å²) in [5, 5.41) is 8.44. The molecule has 0 heterocycles. The van der Waals surface area contributed by atoms with Gasteiger partial charge in [-0.05, 0) is 6.42 Å². The second-order valence-corrected chi connectivity index (χ2v) is 4.33. The molecule has 0 aromatic rings. The number of carboxylic acid groups (broad SMARTS) is 1. The van der Waals surface area contributed by atoms with Crippen LogP contribution < -0.4 is 11.7 Å². The summed E-state index contributed by atoms with van der Waals surface area (Å²) in [6, 6.07) is 0. The van der Waals surface area contributed by atoms with Crippen LogP contribution >= 0.6 is 0 Å². The molecule has 5 N–H and O–H groups in total. The average molecular weight is 246 g/mol. The summed E-state index contributed by atoms with van der Waals surface area (Å²) < 4.78 is 0. The van der Waals surface area contributed by atoms with Crippen molar-refractivity contribution in [2.45, 2.75) is 77.6 Å². The Kier molecular flexibility index (Phi) is 19.6. The van der Waals surface area contributed by atoms with Crippen molar-refractivity contribution in [2.75, 3.05) is 0 Å². The van der Waals surface area contributed by atoms with Crippen LogP contribution in [0.15, 0.2) is 0 Å². The minimum Gasteiger partial charge on any atom is -0.481 e. The van der Waals surface area contributed by atoms with Crippen molar-refractivity contribution >= 4 is 5.97 Å². The Morgan fingerprint density at radius 2 is 1.18 bits per heavy atom. The first-order valence-corrected chi connectivity index (χ1v) is 6.82. The van der Waals surface area contributed by atoms with E-state index in [1.165, 1.54) is 51.4 Å². The van der Waals surface area contributed by atoms with Crippen molar-refractivity contribution in [2.24, 2.45) is 11.7 Å². The highest BCUT2D eigenvalue weighted by Crippen LogP contribution is 2.10. The van der Waals surface area contributed by atoms with Crippen LogP contribution in [-0.4, -0.2) is 11.1 Å². The second kappa shape index (κ2) is 17.8. The molecule has 0 aliphatic carbocycles. The highest BCUT2D eigenvalue weighted by Gasteiger charge is 1.96. The Hall–Kier alpha value is -0.610. The van der Waals surface area contributed by atoms with Gasteiger partial charge < -0.3 is 5.11 Å². The van der Waals surface area contributed by atoms with Crippen LogP contribution in [0.2, 0.25) is 0 Å². The van der Waals surface area contributed by atoms with Gasteiger partial charge in [0.1, 0.15) is 0 Å². The number of carbonyl (C=O) groups is 1. The van der Waals surface area contributed by atoms with Gasteiger partial charge in [0.05, 0.1) is 0 Å². The van der Waals surface area contributed by atoms with Crippen LogP contribution in [-0.2, 0) is 4.79 Å². The average Bonchev–Trinajstić information content (AvgIpc) is 2.34. The quantitative estimate of drug-likeness (QED) is 0.297. The molecule has 0 aliphatic rings. The SMILES string of the molecule is CCCCCCCCCCCCC(=O)O.NN. The van der Waals surface area contributed by atoms with Crippen molar-refractivity contribution in [1.29, 1.82) is 0 Å². The van der Waals surface area contributed by atoms with E-state index in [0.29, 0.717) is 6.42 Å². The third-order valence-electron chi connectivity index (χ3n) is 2.74. The summed E-state index contributed by atoms with van der Waals surface area (Å²) in [4.78, 5) is 10.2. The molecule has 0 saturated heterocycles. The van der Waals surface area contributed by atoms with Gasteiger partial charge >= 0.3 is 5.97 Å². The van der Waals surface area contributed by atoms with Gasteiger partial charge in [0, 0.05) is 6.42 Å². The molecule has 0 radical (unpaired) electrons. The molecule has 0 spiro atoms. The molecule has 0 unspecified atom stereocenters. The number of aliphatic carboxylic acids is 1. The number of unbranched alkanes of at least 4 members (excludes halogenated alkanes) is 9. The van der Waals surface area contributed by atoms with Gasteiger partial charge in [0.15, 0.2) is 0 Å². The lowest BCUT2D eigenvalue weighted by atomic mass is 10.1. The fraction of sp³-hybridized carbons (Fsp3) is 0.923. The molecule has 0 aromatic heterocycles. The third-order valence-corrected chi connectivity index (χ3v) is 2.74. The van der Waals surface area contributed by atoms with Crippen molar-refractivity contribution in [3.63, 3.8) is 0 Å². The highest BCUT2D eigenvalue weighted by molar-refractivity contribution is 5.66. The smallest absolute Gasteiger partial charge is 0.303 e. The summed E-state index contributed by atoms with van der Waals surface area (Å²) in [5.41, 5.74) is 0. The fourth-order valence-electron chi connectivity index (χ4n) is 1.76. The number of rotatable bonds is 11. The van der Waals surface area contributed by atoms with Crippen LogP contribution in [0, 0.1) is 0 Å². The van der Waals surface area contributed by atoms with Gasteiger partial charge in [-0.2, -0.15) is 0 Å². The van der Waals surface area contributed by atoms with E-state index in [-0.39, 0.29) is 0 Å². The van der Waals surface area contributed by atoms with E-state index in [2.05, 4.69) is 18.6 Å². The van der Waals surface area contributed by atoms with Gasteiger partial charge in [-0.1, -0.05) is 64.7 Å². The summed E-state index contributed by atoms with van der Waals surface area (Å²) in [5.74, 6) is 7.34. The topological polar surface area (TPSA) is 89.3 Å². The number of carboxylic acids is 1. The van der Waals surface area contributed by atoms with Crippen LogP contribution in [0.4, 0.5) is 0 Å². The van der Waals surface area contributed by atoms with Crippen LogP contribution in [0.3, 0.4) is 0 Å². The maximum atomic E-state index is 10.2. The molecule has 0 fully saturated rings.